The molecule has 0 spiro atoms. The molecule has 0 heterocycles. The van der Waals surface area contributed by atoms with Crippen molar-refractivity contribution in [1.29, 1.82) is 0 Å². The fourth-order valence-electron chi connectivity index (χ4n) is 1.74. The van der Waals surface area contributed by atoms with Crippen molar-refractivity contribution in [1.82, 2.24) is 0 Å². The van der Waals surface area contributed by atoms with Crippen LogP contribution in [-0.2, 0) is 6.42 Å². The minimum absolute atomic E-state index is 0.233. The second kappa shape index (κ2) is 3.81. The van der Waals surface area contributed by atoms with Gasteiger partial charge in [0.25, 0.3) is 0 Å². The second-order valence-electron chi connectivity index (χ2n) is 3.86. The molecule has 0 radical (unpaired) electrons. The monoisotopic (exact) mass is 185 g/mol. The van der Waals surface area contributed by atoms with E-state index in [4.69, 9.17) is 5.73 Å². The highest BCUT2D eigenvalue weighted by molar-refractivity contribution is 5.82. The number of hydrogen-bond acceptors (Lipinski definition) is 1. The Bertz CT molecular complexity index is 432. The summed E-state index contributed by atoms with van der Waals surface area (Å²) in [6, 6.07) is 15.2. The van der Waals surface area contributed by atoms with E-state index in [1.165, 1.54) is 16.3 Å². The van der Waals surface area contributed by atoms with Crippen molar-refractivity contribution >= 4 is 10.8 Å². The fourth-order valence-corrected chi connectivity index (χ4v) is 1.74. The molecular weight excluding hydrogens is 170 g/mol. The highest BCUT2D eigenvalue weighted by Crippen LogP contribution is 2.16. The summed E-state index contributed by atoms with van der Waals surface area (Å²) in [5, 5.41) is 2.59. The van der Waals surface area contributed by atoms with Crippen LogP contribution >= 0.6 is 0 Å². The van der Waals surface area contributed by atoms with Crippen LogP contribution in [0, 0.1) is 0 Å². The maximum absolute atomic E-state index is 5.77. The lowest BCUT2D eigenvalue weighted by molar-refractivity contribution is 0.739. The van der Waals surface area contributed by atoms with Crippen LogP contribution in [0.1, 0.15) is 12.5 Å². The normalized spacial score (nSPS) is 13.0. The topological polar surface area (TPSA) is 26.0 Å². The van der Waals surface area contributed by atoms with Crippen LogP contribution in [0.2, 0.25) is 0 Å². The van der Waals surface area contributed by atoms with Gasteiger partial charge >= 0.3 is 0 Å². The molecule has 2 N–H and O–H groups in total. The fraction of sp³-hybridized carbons (Fsp3) is 0.231. The first-order valence-electron chi connectivity index (χ1n) is 4.99. The average Bonchev–Trinajstić information content (AvgIpc) is 2.17. The molecule has 2 rings (SSSR count). The summed E-state index contributed by atoms with van der Waals surface area (Å²) in [5.74, 6) is 0. The number of rotatable bonds is 2. The van der Waals surface area contributed by atoms with E-state index in [9.17, 15) is 0 Å². The lowest BCUT2D eigenvalue weighted by Gasteiger charge is -2.06. The Morgan fingerprint density at radius 3 is 2.50 bits per heavy atom. The molecule has 0 aliphatic carbocycles. The third-order valence-corrected chi connectivity index (χ3v) is 2.37. The third-order valence-electron chi connectivity index (χ3n) is 2.37. The smallest absolute Gasteiger partial charge is 0.00509 e. The first-order chi connectivity index (χ1) is 6.75. The molecule has 2 aromatic rings. The summed E-state index contributed by atoms with van der Waals surface area (Å²) >= 11 is 0. The molecule has 0 amide bonds. The molecule has 0 saturated heterocycles. The molecule has 0 fully saturated rings. The van der Waals surface area contributed by atoms with Gasteiger partial charge in [-0.2, -0.15) is 0 Å². The summed E-state index contributed by atoms with van der Waals surface area (Å²) in [5.41, 5.74) is 7.09. The van der Waals surface area contributed by atoms with Crippen molar-refractivity contribution < 1.29 is 0 Å². The lowest BCUT2D eigenvalue weighted by atomic mass is 10.0. The summed E-state index contributed by atoms with van der Waals surface area (Å²) < 4.78 is 0. The van der Waals surface area contributed by atoms with Crippen LogP contribution in [0.15, 0.2) is 42.5 Å². The molecule has 0 aromatic heterocycles. The van der Waals surface area contributed by atoms with Crippen molar-refractivity contribution in [2.75, 3.05) is 0 Å². The van der Waals surface area contributed by atoms with Crippen LogP contribution < -0.4 is 5.73 Å². The summed E-state index contributed by atoms with van der Waals surface area (Å²) in [6.07, 6.45) is 0.949. The van der Waals surface area contributed by atoms with E-state index in [0.717, 1.165) is 6.42 Å². The van der Waals surface area contributed by atoms with Gasteiger partial charge in [0.05, 0.1) is 0 Å². The molecule has 1 nitrogen and oxygen atoms in total. The molecule has 0 aliphatic heterocycles. The van der Waals surface area contributed by atoms with E-state index >= 15 is 0 Å². The second-order valence-corrected chi connectivity index (χ2v) is 3.86. The number of fused-ring (bicyclic) bond motifs is 1. The SMILES string of the molecule is C[C@@H](N)Cc1ccc2ccccc2c1. The highest BCUT2D eigenvalue weighted by Gasteiger charge is 1.98. The average molecular weight is 185 g/mol. The first kappa shape index (κ1) is 9.22. The van der Waals surface area contributed by atoms with Gasteiger partial charge in [0, 0.05) is 6.04 Å². The van der Waals surface area contributed by atoms with Gasteiger partial charge in [-0.25, -0.2) is 0 Å². The molecule has 0 saturated carbocycles. The largest absolute Gasteiger partial charge is 0.328 e. The Kier molecular flexibility index (Phi) is 2.51. The standard InChI is InChI=1S/C13H15N/c1-10(14)8-11-6-7-12-4-2-3-5-13(12)9-11/h2-7,9-10H,8,14H2,1H3/t10-/m1/s1. The number of hydrogen-bond donors (Lipinski definition) is 1. The molecule has 2 aromatic carbocycles. The molecule has 1 heteroatoms. The molecule has 14 heavy (non-hydrogen) atoms. The Hall–Kier alpha value is -1.34. The molecule has 0 aliphatic rings. The van der Waals surface area contributed by atoms with Crippen molar-refractivity contribution in [2.24, 2.45) is 5.73 Å². The lowest BCUT2D eigenvalue weighted by Crippen LogP contribution is -2.17. The minimum Gasteiger partial charge on any atom is -0.328 e. The van der Waals surface area contributed by atoms with E-state index in [-0.39, 0.29) is 6.04 Å². The van der Waals surface area contributed by atoms with Gasteiger partial charge < -0.3 is 5.73 Å². The maximum atomic E-state index is 5.77. The van der Waals surface area contributed by atoms with Crippen molar-refractivity contribution in [3.63, 3.8) is 0 Å². The van der Waals surface area contributed by atoms with Crippen molar-refractivity contribution in [3.8, 4) is 0 Å². The summed E-state index contributed by atoms with van der Waals surface area (Å²) in [6.45, 7) is 2.04. The van der Waals surface area contributed by atoms with E-state index in [1.54, 1.807) is 0 Å². The van der Waals surface area contributed by atoms with Crippen molar-refractivity contribution in [2.45, 2.75) is 19.4 Å². The molecule has 0 bridgehead atoms. The van der Waals surface area contributed by atoms with E-state index in [1.807, 2.05) is 6.92 Å². The quantitative estimate of drug-likeness (QED) is 0.765. The van der Waals surface area contributed by atoms with Gasteiger partial charge in [-0.15, -0.1) is 0 Å². The summed E-state index contributed by atoms with van der Waals surface area (Å²) in [7, 11) is 0. The van der Waals surface area contributed by atoms with Gasteiger partial charge in [-0.05, 0) is 29.7 Å². The number of nitrogens with two attached hydrogens (primary N) is 1. The van der Waals surface area contributed by atoms with Crippen LogP contribution in [0.4, 0.5) is 0 Å². The Morgan fingerprint density at radius 1 is 1.07 bits per heavy atom. The summed E-state index contributed by atoms with van der Waals surface area (Å²) in [4.78, 5) is 0. The predicted molar refractivity (Wildman–Crippen MR) is 61.3 cm³/mol. The number of benzene rings is 2. The first-order valence-corrected chi connectivity index (χ1v) is 4.99. The zero-order valence-electron chi connectivity index (χ0n) is 8.40. The van der Waals surface area contributed by atoms with Crippen LogP contribution in [0.5, 0.6) is 0 Å². The van der Waals surface area contributed by atoms with Crippen LogP contribution in [0.3, 0.4) is 0 Å². The van der Waals surface area contributed by atoms with E-state index in [0.29, 0.717) is 0 Å². The highest BCUT2D eigenvalue weighted by atomic mass is 14.6. The zero-order chi connectivity index (χ0) is 9.97. The van der Waals surface area contributed by atoms with Gasteiger partial charge in [0.2, 0.25) is 0 Å². The molecular formula is C13H15N. The van der Waals surface area contributed by atoms with Gasteiger partial charge in [-0.1, -0.05) is 42.5 Å². The predicted octanol–water partition coefficient (Wildman–Crippen LogP) is 2.73. The Morgan fingerprint density at radius 2 is 1.79 bits per heavy atom. The van der Waals surface area contributed by atoms with Crippen molar-refractivity contribution in [3.05, 3.63) is 48.0 Å². The zero-order valence-corrected chi connectivity index (χ0v) is 8.40. The molecule has 72 valence electrons. The van der Waals surface area contributed by atoms with Crippen LogP contribution in [-0.4, -0.2) is 6.04 Å². The van der Waals surface area contributed by atoms with E-state index < -0.39 is 0 Å². The Balaban J connectivity index is 2.41. The third kappa shape index (κ3) is 1.94. The molecule has 1 atom stereocenters. The van der Waals surface area contributed by atoms with Crippen LogP contribution in [0.25, 0.3) is 10.8 Å². The minimum atomic E-state index is 0.233. The Labute approximate surface area is 84.5 Å². The van der Waals surface area contributed by atoms with E-state index in [2.05, 4.69) is 42.5 Å². The molecule has 0 unspecified atom stereocenters. The maximum Gasteiger partial charge on any atom is 0.00509 e. The van der Waals surface area contributed by atoms with Gasteiger partial charge in [-0.3, -0.25) is 0 Å². The van der Waals surface area contributed by atoms with Gasteiger partial charge in [0.15, 0.2) is 0 Å². The van der Waals surface area contributed by atoms with Gasteiger partial charge in [0.1, 0.15) is 0 Å².